The molecule has 3 aromatic heterocycles. The minimum absolute atomic E-state index is 0.0639. The molecule has 2 fully saturated rings. The maximum atomic E-state index is 14.2. The van der Waals surface area contributed by atoms with Gasteiger partial charge in [0.15, 0.2) is 5.65 Å². The monoisotopic (exact) mass is 592 g/mol. The summed E-state index contributed by atoms with van der Waals surface area (Å²) in [5.74, 6) is 2.19. The number of benzene rings is 1. The smallest absolute Gasteiger partial charge is 0.264 e. The van der Waals surface area contributed by atoms with E-state index in [0.717, 1.165) is 53.6 Å². The molecule has 2 aliphatic heterocycles. The maximum absolute atomic E-state index is 14.2. The number of halogens is 1. The van der Waals surface area contributed by atoms with Gasteiger partial charge in [0.2, 0.25) is 5.95 Å². The average Bonchev–Trinajstić information content (AvgIpc) is 3.58. The molecule has 4 aromatic rings. The molecule has 0 saturated carbocycles. The van der Waals surface area contributed by atoms with Crippen molar-refractivity contribution in [2.45, 2.75) is 70.7 Å². The molecule has 2 bridgehead atoms. The summed E-state index contributed by atoms with van der Waals surface area (Å²) >= 11 is 7.07. The number of ether oxygens (including phenoxy) is 1. The van der Waals surface area contributed by atoms with Gasteiger partial charge in [-0.25, -0.2) is 4.98 Å². The van der Waals surface area contributed by atoms with Crippen LogP contribution in [0, 0.1) is 5.92 Å². The van der Waals surface area contributed by atoms with Crippen LogP contribution in [0.3, 0.4) is 0 Å². The molecule has 8 nitrogen and oxygen atoms in total. The van der Waals surface area contributed by atoms with E-state index in [0.29, 0.717) is 52.9 Å². The van der Waals surface area contributed by atoms with Crippen molar-refractivity contribution < 1.29 is 4.74 Å². The fourth-order valence-electron chi connectivity index (χ4n) is 6.58. The van der Waals surface area contributed by atoms with E-state index < -0.39 is 8.07 Å². The van der Waals surface area contributed by atoms with Crippen LogP contribution in [-0.2, 0) is 18.5 Å². The summed E-state index contributed by atoms with van der Waals surface area (Å²) in [5, 5.41) is 2.05. The molecule has 0 spiro atoms. The van der Waals surface area contributed by atoms with E-state index in [-0.39, 0.29) is 5.56 Å². The van der Waals surface area contributed by atoms with Gasteiger partial charge in [-0.3, -0.25) is 9.36 Å². The number of pyridine rings is 1. The van der Waals surface area contributed by atoms with Gasteiger partial charge in [0.25, 0.3) is 5.56 Å². The second-order valence-corrected chi connectivity index (χ2v) is 19.3. The number of rotatable bonds is 8. The first-order valence-corrected chi connectivity index (χ1v) is 18.8. The van der Waals surface area contributed by atoms with Gasteiger partial charge in [-0.15, -0.1) is 0 Å². The lowest BCUT2D eigenvalue weighted by Crippen LogP contribution is -2.36. The number of nitrogens with zero attached hydrogens (tertiary/aromatic N) is 6. The van der Waals surface area contributed by atoms with E-state index in [1.165, 1.54) is 0 Å². The molecule has 1 aromatic carbocycles. The van der Waals surface area contributed by atoms with Crippen LogP contribution in [0.25, 0.3) is 33.1 Å². The Bertz CT molecular complexity index is 1690. The van der Waals surface area contributed by atoms with E-state index in [4.69, 9.17) is 26.3 Å². The van der Waals surface area contributed by atoms with Crippen molar-refractivity contribution >= 4 is 53.4 Å². The first kappa shape index (κ1) is 28.2. The summed E-state index contributed by atoms with van der Waals surface area (Å²) in [6.07, 6.45) is 5.45. The fourth-order valence-corrected chi connectivity index (χ4v) is 7.65. The van der Waals surface area contributed by atoms with Crippen LogP contribution < -0.4 is 15.4 Å². The fraction of sp³-hybridized carbons (Fsp3) is 0.516. The first-order chi connectivity index (χ1) is 19.4. The highest BCUT2D eigenvalue weighted by atomic mass is 35.5. The van der Waals surface area contributed by atoms with E-state index in [1.54, 1.807) is 4.57 Å². The summed E-state index contributed by atoms with van der Waals surface area (Å²) in [4.78, 5) is 28.6. The predicted molar refractivity (Wildman–Crippen MR) is 172 cm³/mol. The highest BCUT2D eigenvalue weighted by Crippen LogP contribution is 2.44. The molecule has 6 rings (SSSR count). The molecule has 218 valence electrons. The molecule has 10 heteroatoms. The second-order valence-electron chi connectivity index (χ2n) is 13.3. The normalized spacial score (nSPS) is 20.6. The Morgan fingerprint density at radius 3 is 2.51 bits per heavy atom. The van der Waals surface area contributed by atoms with Crippen LogP contribution in [0.2, 0.25) is 30.7 Å². The molecule has 0 aliphatic carbocycles. The highest BCUT2D eigenvalue weighted by molar-refractivity contribution is 6.76. The molecule has 0 N–H and O–H groups in total. The topological polar surface area (TPSA) is 68.4 Å². The summed E-state index contributed by atoms with van der Waals surface area (Å²) in [6, 6.07) is 9.96. The van der Waals surface area contributed by atoms with E-state index >= 15 is 0 Å². The number of anilines is 2. The van der Waals surface area contributed by atoms with Gasteiger partial charge >= 0.3 is 0 Å². The predicted octanol–water partition coefficient (Wildman–Crippen LogP) is 6.36. The lowest BCUT2D eigenvalue weighted by molar-refractivity contribution is 0.0899. The molecular formula is C31H41ClN6O2Si. The van der Waals surface area contributed by atoms with Gasteiger partial charge in [0.05, 0.1) is 15.9 Å². The van der Waals surface area contributed by atoms with Crippen molar-refractivity contribution in [2.75, 3.05) is 30.5 Å². The van der Waals surface area contributed by atoms with Gasteiger partial charge < -0.3 is 19.1 Å². The van der Waals surface area contributed by atoms with Crippen LogP contribution >= 0.6 is 11.6 Å². The van der Waals surface area contributed by atoms with E-state index in [9.17, 15) is 4.79 Å². The number of fused-ring (bicyclic) bond motifs is 4. The average molecular weight is 593 g/mol. The Balaban J connectivity index is 1.51. The molecule has 3 atom stereocenters. The second kappa shape index (κ2) is 10.4. The van der Waals surface area contributed by atoms with Crippen molar-refractivity contribution in [2.24, 2.45) is 13.0 Å². The van der Waals surface area contributed by atoms with Gasteiger partial charge in [-0.2, -0.15) is 4.98 Å². The lowest BCUT2D eigenvalue weighted by Gasteiger charge is -2.26. The summed E-state index contributed by atoms with van der Waals surface area (Å²) < 4.78 is 9.92. The molecule has 5 heterocycles. The Morgan fingerprint density at radius 2 is 1.85 bits per heavy atom. The third-order valence-electron chi connectivity index (χ3n) is 8.91. The van der Waals surface area contributed by atoms with Gasteiger partial charge in [-0.1, -0.05) is 50.3 Å². The molecule has 0 radical (unpaired) electrons. The summed E-state index contributed by atoms with van der Waals surface area (Å²) in [7, 11) is 4.53. The van der Waals surface area contributed by atoms with Crippen LogP contribution in [0.5, 0.6) is 0 Å². The quantitative estimate of drug-likeness (QED) is 0.175. The van der Waals surface area contributed by atoms with Crippen LogP contribution in [0.4, 0.5) is 11.8 Å². The molecule has 2 aliphatic rings. The Labute approximate surface area is 247 Å². The summed E-state index contributed by atoms with van der Waals surface area (Å²) in [6.45, 7) is 10.4. The van der Waals surface area contributed by atoms with Crippen LogP contribution in [0.15, 0.2) is 35.3 Å². The van der Waals surface area contributed by atoms with E-state index in [2.05, 4.69) is 31.5 Å². The molecular weight excluding hydrogens is 552 g/mol. The third kappa shape index (κ3) is 4.95. The summed E-state index contributed by atoms with van der Waals surface area (Å²) in [5.41, 5.74) is 2.83. The van der Waals surface area contributed by atoms with Crippen molar-refractivity contribution in [3.8, 4) is 11.1 Å². The Hall–Kier alpha value is -2.88. The van der Waals surface area contributed by atoms with Crippen molar-refractivity contribution in [1.29, 1.82) is 0 Å². The third-order valence-corrected chi connectivity index (χ3v) is 11.0. The lowest BCUT2D eigenvalue weighted by atomic mass is 9.91. The Kier molecular flexibility index (Phi) is 7.19. The van der Waals surface area contributed by atoms with Gasteiger partial charge in [0, 0.05) is 70.6 Å². The SMILES string of the molecule is C[C@@H]1C[C@@H]2CC[C@H]1N2c1nc2c(c(-c3ccc4ccc(N(C)C)nc4c3Cl)cn2COCC[Si](C)(C)C)c(=O)n1C. The zero-order valence-electron chi connectivity index (χ0n) is 25.2. The number of aromatic nitrogens is 4. The number of hydrogen-bond donors (Lipinski definition) is 0. The number of hydrogen-bond acceptors (Lipinski definition) is 6. The largest absolute Gasteiger partial charge is 0.363 e. The standard InChI is InChI=1S/C31H41ClN6O2Si/c1-19-16-21-10-12-24(19)38(21)31-34-29-26(30(39)36(31)4)23(17-37(29)18-40-14-15-41(5,6)7)22-11-8-20-9-13-25(35(2)3)33-28(20)27(22)32/h8-9,11,13,17,19,21,24H,10,12,14-16,18H2,1-7H3/t19-,21+,24-/m1/s1. The molecule has 41 heavy (non-hydrogen) atoms. The first-order valence-electron chi connectivity index (χ1n) is 14.7. The highest BCUT2D eigenvalue weighted by Gasteiger charge is 2.46. The van der Waals surface area contributed by atoms with Crippen LogP contribution in [-0.4, -0.2) is 60.0 Å². The molecule has 2 saturated heterocycles. The molecule has 0 unspecified atom stereocenters. The van der Waals surface area contributed by atoms with Crippen LogP contribution in [0.1, 0.15) is 26.2 Å². The van der Waals surface area contributed by atoms with Crippen molar-refractivity contribution in [3.05, 3.63) is 45.8 Å². The maximum Gasteiger partial charge on any atom is 0.264 e. The van der Waals surface area contributed by atoms with Gasteiger partial charge in [0.1, 0.15) is 12.5 Å². The minimum atomic E-state index is -1.24. The van der Waals surface area contributed by atoms with E-state index in [1.807, 2.05) is 61.1 Å². The van der Waals surface area contributed by atoms with Crippen molar-refractivity contribution in [1.82, 2.24) is 19.1 Å². The van der Waals surface area contributed by atoms with Gasteiger partial charge in [-0.05, 0) is 43.4 Å². The molecule has 0 amide bonds. The zero-order chi connectivity index (χ0) is 29.2. The minimum Gasteiger partial charge on any atom is -0.363 e. The van der Waals surface area contributed by atoms with Crippen molar-refractivity contribution in [3.63, 3.8) is 0 Å². The Morgan fingerprint density at radius 1 is 1.10 bits per heavy atom. The zero-order valence-corrected chi connectivity index (χ0v) is 27.0.